The fraction of sp³-hybridized carbons (Fsp3) is 0.429. The van der Waals surface area contributed by atoms with Gasteiger partial charge in [-0.1, -0.05) is 19.9 Å². The van der Waals surface area contributed by atoms with Gasteiger partial charge in [0.25, 0.3) is 5.91 Å². The van der Waals surface area contributed by atoms with Crippen molar-refractivity contribution in [2.45, 2.75) is 33.6 Å². The fourth-order valence-corrected chi connectivity index (χ4v) is 2.30. The first kappa shape index (κ1) is 19.6. The summed E-state index contributed by atoms with van der Waals surface area (Å²) >= 11 is 1.38. The van der Waals surface area contributed by atoms with E-state index >= 15 is 0 Å². The number of anilines is 1. The maximum atomic E-state index is 12.1. The first-order valence-corrected chi connectivity index (χ1v) is 6.85. The smallest absolute Gasteiger partial charge is 0.273 e. The molecule has 6 heteroatoms. The number of carbonyl (C=O) groups excluding carboxylic acids is 1. The van der Waals surface area contributed by atoms with Gasteiger partial charge in [-0.3, -0.25) is 9.79 Å². The van der Waals surface area contributed by atoms with E-state index in [-0.39, 0.29) is 46.0 Å². The molecule has 0 spiro atoms. The second-order valence-electron chi connectivity index (χ2n) is 4.64. The molecule has 4 nitrogen and oxygen atoms in total. The van der Waals surface area contributed by atoms with E-state index in [0.717, 1.165) is 29.1 Å². The van der Waals surface area contributed by atoms with E-state index in [2.05, 4.69) is 28.5 Å². The molecule has 1 radical (unpaired) electrons. The molecule has 20 heavy (non-hydrogen) atoms. The molecular formula is C14H20N3OSY-. The number of hydrogen-bond donors (Lipinski definition) is 1. The summed E-state index contributed by atoms with van der Waals surface area (Å²) in [5.74, 6) is 0.252. The summed E-state index contributed by atoms with van der Waals surface area (Å²) in [5.41, 5.74) is 2.40. The van der Waals surface area contributed by atoms with Gasteiger partial charge in [-0.25, -0.2) is 0 Å². The van der Waals surface area contributed by atoms with Crippen LogP contribution in [-0.4, -0.2) is 16.0 Å². The molecule has 1 aliphatic heterocycles. The van der Waals surface area contributed by atoms with E-state index in [1.807, 2.05) is 13.0 Å². The zero-order valence-corrected chi connectivity index (χ0v) is 16.1. The summed E-state index contributed by atoms with van der Waals surface area (Å²) in [6, 6.07) is 0. The molecule has 0 unspecified atom stereocenters. The number of aryl methyl sites for hydroxylation is 1. The second-order valence-corrected chi connectivity index (χ2v) is 5.64. The number of amides is 1. The van der Waals surface area contributed by atoms with Crippen LogP contribution in [0.5, 0.6) is 0 Å². The Morgan fingerprint density at radius 2 is 2.15 bits per heavy atom. The Hall–Kier alpha value is -0.386. The van der Waals surface area contributed by atoms with Crippen molar-refractivity contribution in [2.75, 3.05) is 5.32 Å². The van der Waals surface area contributed by atoms with Gasteiger partial charge in [0.15, 0.2) is 0 Å². The van der Waals surface area contributed by atoms with Crippen molar-refractivity contribution in [3.63, 3.8) is 0 Å². The first-order chi connectivity index (χ1) is 8.58. The molecule has 2 heterocycles. The SMILES string of the molecule is Cc1sncc1NC(=O)C1=CCCC(C(C)C)=N1.[CH3-].[Y]. The quantitative estimate of drug-likeness (QED) is 0.830. The predicted octanol–water partition coefficient (Wildman–Crippen LogP) is 3.61. The van der Waals surface area contributed by atoms with Crippen molar-refractivity contribution in [1.29, 1.82) is 0 Å². The average Bonchev–Trinajstić information content (AvgIpc) is 2.75. The Labute approximate surface area is 150 Å². The van der Waals surface area contributed by atoms with Gasteiger partial charge in [0, 0.05) is 43.3 Å². The molecule has 0 saturated heterocycles. The maximum absolute atomic E-state index is 12.1. The Kier molecular flexibility index (Phi) is 8.63. The van der Waals surface area contributed by atoms with Crippen LogP contribution in [0.25, 0.3) is 0 Å². The largest absolute Gasteiger partial charge is 0.358 e. The van der Waals surface area contributed by atoms with Gasteiger partial charge in [-0.15, -0.1) is 0 Å². The predicted molar refractivity (Wildman–Crippen MR) is 81.5 cm³/mol. The minimum atomic E-state index is -0.142. The minimum Gasteiger partial charge on any atom is -0.358 e. The number of rotatable bonds is 3. The van der Waals surface area contributed by atoms with Crippen LogP contribution in [0.4, 0.5) is 5.69 Å². The van der Waals surface area contributed by atoms with Crippen molar-refractivity contribution >= 4 is 28.8 Å². The Balaban J connectivity index is 0.00000180. The van der Waals surface area contributed by atoms with Crippen LogP contribution in [0.2, 0.25) is 0 Å². The van der Waals surface area contributed by atoms with E-state index < -0.39 is 0 Å². The van der Waals surface area contributed by atoms with Gasteiger partial charge in [0.1, 0.15) is 5.70 Å². The summed E-state index contributed by atoms with van der Waals surface area (Å²) in [6.45, 7) is 6.14. The topological polar surface area (TPSA) is 54.4 Å². The maximum Gasteiger partial charge on any atom is 0.273 e. The molecule has 0 atom stereocenters. The summed E-state index contributed by atoms with van der Waals surface area (Å²) in [7, 11) is 0. The summed E-state index contributed by atoms with van der Waals surface area (Å²) in [5, 5.41) is 2.85. The monoisotopic (exact) mass is 367 g/mol. The van der Waals surface area contributed by atoms with Gasteiger partial charge in [0.05, 0.1) is 11.9 Å². The van der Waals surface area contributed by atoms with Crippen molar-refractivity contribution in [1.82, 2.24) is 4.37 Å². The van der Waals surface area contributed by atoms with Crippen LogP contribution >= 0.6 is 11.5 Å². The Morgan fingerprint density at radius 1 is 1.45 bits per heavy atom. The molecule has 107 valence electrons. The number of allylic oxidation sites excluding steroid dienone is 1. The van der Waals surface area contributed by atoms with E-state index in [1.54, 1.807) is 6.20 Å². The van der Waals surface area contributed by atoms with E-state index in [4.69, 9.17) is 0 Å². The van der Waals surface area contributed by atoms with Gasteiger partial charge >= 0.3 is 0 Å². The molecule has 0 saturated carbocycles. The standard InChI is InChI=1S/C13H17N3OS.CH3.Y/c1-8(2)10-5-4-6-11(15-10)13(17)16-12-7-14-18-9(12)3;;/h6-8H,4-5H2,1-3H3,(H,16,17);1H3;/q;-1;. The number of nitrogens with zero attached hydrogens (tertiary/aromatic N) is 2. The molecule has 1 amide bonds. The molecule has 1 aliphatic rings. The Bertz CT molecular complexity index is 520. The van der Waals surface area contributed by atoms with Crippen LogP contribution in [0.15, 0.2) is 23.0 Å². The molecule has 0 aromatic carbocycles. The molecule has 1 N–H and O–H groups in total. The van der Waals surface area contributed by atoms with E-state index in [9.17, 15) is 4.79 Å². The van der Waals surface area contributed by atoms with Crippen LogP contribution in [-0.2, 0) is 37.5 Å². The van der Waals surface area contributed by atoms with E-state index in [1.165, 1.54) is 11.5 Å². The average molecular weight is 367 g/mol. The first-order valence-electron chi connectivity index (χ1n) is 6.08. The van der Waals surface area contributed by atoms with Crippen LogP contribution in [0, 0.1) is 20.3 Å². The summed E-state index contributed by atoms with van der Waals surface area (Å²) in [4.78, 5) is 17.5. The summed E-state index contributed by atoms with van der Waals surface area (Å²) < 4.78 is 4.03. The van der Waals surface area contributed by atoms with Crippen molar-refractivity contribution in [3.05, 3.63) is 30.3 Å². The van der Waals surface area contributed by atoms with Crippen molar-refractivity contribution in [3.8, 4) is 0 Å². The second kappa shape index (κ2) is 8.80. The molecule has 0 bridgehead atoms. The van der Waals surface area contributed by atoms with Crippen LogP contribution in [0.3, 0.4) is 0 Å². The minimum absolute atomic E-state index is 0. The molecule has 1 aromatic rings. The van der Waals surface area contributed by atoms with Gasteiger partial charge in [0.2, 0.25) is 0 Å². The number of aromatic nitrogens is 1. The van der Waals surface area contributed by atoms with Crippen molar-refractivity contribution in [2.24, 2.45) is 10.9 Å². The van der Waals surface area contributed by atoms with Gasteiger partial charge < -0.3 is 12.7 Å². The van der Waals surface area contributed by atoms with Gasteiger partial charge in [-0.05, 0) is 37.2 Å². The molecule has 2 rings (SSSR count). The molecular weight excluding hydrogens is 347 g/mol. The molecule has 0 fully saturated rings. The number of carbonyl (C=O) groups is 1. The van der Waals surface area contributed by atoms with Crippen LogP contribution in [0.1, 0.15) is 31.6 Å². The Morgan fingerprint density at radius 3 is 2.70 bits per heavy atom. The number of aliphatic imine (C=N–C) groups is 1. The molecule has 1 aromatic heterocycles. The zero-order valence-electron chi connectivity index (χ0n) is 12.4. The third kappa shape index (κ3) is 4.86. The fourth-order valence-electron chi connectivity index (χ4n) is 1.78. The summed E-state index contributed by atoms with van der Waals surface area (Å²) in [6.07, 6.45) is 5.42. The van der Waals surface area contributed by atoms with E-state index in [0.29, 0.717) is 11.6 Å². The van der Waals surface area contributed by atoms with Gasteiger partial charge in [-0.2, -0.15) is 4.37 Å². The number of nitrogens with one attached hydrogen (secondary N) is 1. The third-order valence-electron chi connectivity index (χ3n) is 2.90. The normalized spacial score (nSPS) is 13.8. The molecule has 0 aliphatic carbocycles. The van der Waals surface area contributed by atoms with Crippen LogP contribution < -0.4 is 5.32 Å². The van der Waals surface area contributed by atoms with Crippen molar-refractivity contribution < 1.29 is 37.5 Å². The third-order valence-corrected chi connectivity index (χ3v) is 3.60. The number of hydrogen-bond acceptors (Lipinski definition) is 4. The zero-order chi connectivity index (χ0) is 13.1.